The molecule has 0 aromatic heterocycles. The van der Waals surface area contributed by atoms with Crippen LogP contribution in [0.2, 0.25) is 0 Å². The monoisotopic (exact) mass is 274 g/mol. The molecule has 8 nitrogen and oxygen atoms in total. The molecule has 0 radical (unpaired) electrons. The van der Waals surface area contributed by atoms with Crippen molar-refractivity contribution in [2.45, 2.75) is 25.7 Å². The minimum atomic E-state index is -3.60. The average Bonchev–Trinajstić information content (AvgIpc) is 2.06. The number of hydrogen-bond acceptors (Lipinski definition) is 4. The van der Waals surface area contributed by atoms with Crippen LogP contribution in [0.25, 0.3) is 0 Å². The summed E-state index contributed by atoms with van der Waals surface area (Å²) in [6, 6.07) is 0. The maximum absolute atomic E-state index is 10.5. The van der Waals surface area contributed by atoms with Crippen molar-refractivity contribution in [3.63, 3.8) is 0 Å². The molecular formula is C6H18N4O4S2. The van der Waals surface area contributed by atoms with Crippen LogP contribution in [0.3, 0.4) is 0 Å². The summed E-state index contributed by atoms with van der Waals surface area (Å²) in [4.78, 5) is 0. The van der Waals surface area contributed by atoms with Crippen LogP contribution in [-0.4, -0.2) is 29.9 Å². The van der Waals surface area contributed by atoms with E-state index in [0.29, 0.717) is 25.9 Å². The molecule has 0 saturated carbocycles. The van der Waals surface area contributed by atoms with Gasteiger partial charge in [-0.2, -0.15) is 16.8 Å². The van der Waals surface area contributed by atoms with Crippen molar-refractivity contribution in [1.29, 1.82) is 0 Å². The quantitative estimate of drug-likeness (QED) is 0.365. The number of hydrogen-bond donors (Lipinski definition) is 4. The predicted octanol–water partition coefficient (Wildman–Crippen LogP) is -1.87. The Morgan fingerprint density at radius 1 is 0.688 bits per heavy atom. The van der Waals surface area contributed by atoms with E-state index in [4.69, 9.17) is 10.3 Å². The molecule has 0 aromatic rings. The van der Waals surface area contributed by atoms with Crippen molar-refractivity contribution >= 4 is 20.4 Å². The van der Waals surface area contributed by atoms with Gasteiger partial charge in [0.25, 0.3) is 20.4 Å². The van der Waals surface area contributed by atoms with E-state index in [1.807, 2.05) is 0 Å². The minimum Gasteiger partial charge on any atom is -0.216 e. The van der Waals surface area contributed by atoms with Gasteiger partial charge in [-0.1, -0.05) is 12.8 Å². The third kappa shape index (κ3) is 13.7. The highest BCUT2D eigenvalue weighted by atomic mass is 32.2. The molecule has 0 spiro atoms. The molecular weight excluding hydrogens is 256 g/mol. The van der Waals surface area contributed by atoms with Gasteiger partial charge in [0.2, 0.25) is 0 Å². The molecule has 10 heteroatoms. The molecule has 0 aliphatic carbocycles. The second-order valence-corrected chi connectivity index (χ2v) is 6.05. The fourth-order valence-corrected chi connectivity index (χ4v) is 1.89. The molecule has 0 rings (SSSR count). The standard InChI is InChI=1S/C6H18N4O4S2/c7-15(11,12)9-5-3-1-2-4-6-10-16(8,13)14/h9-10H,1-6H2,(H2,7,11,12)(H2,8,13,14). The Labute approximate surface area is 96.1 Å². The molecule has 16 heavy (non-hydrogen) atoms. The van der Waals surface area contributed by atoms with E-state index in [-0.39, 0.29) is 0 Å². The Morgan fingerprint density at radius 3 is 1.25 bits per heavy atom. The van der Waals surface area contributed by atoms with Crippen LogP contribution in [0.15, 0.2) is 0 Å². The van der Waals surface area contributed by atoms with Gasteiger partial charge in [0.1, 0.15) is 0 Å². The molecule has 0 unspecified atom stereocenters. The van der Waals surface area contributed by atoms with Gasteiger partial charge in [-0.3, -0.25) is 0 Å². The van der Waals surface area contributed by atoms with Crippen LogP contribution in [0.5, 0.6) is 0 Å². The zero-order valence-electron chi connectivity index (χ0n) is 8.85. The van der Waals surface area contributed by atoms with E-state index < -0.39 is 20.4 Å². The van der Waals surface area contributed by atoms with Gasteiger partial charge in [-0.05, 0) is 12.8 Å². The fourth-order valence-electron chi connectivity index (χ4n) is 1.03. The fraction of sp³-hybridized carbons (Fsp3) is 1.00. The minimum absolute atomic E-state index is 0.293. The van der Waals surface area contributed by atoms with Crippen LogP contribution >= 0.6 is 0 Å². The lowest BCUT2D eigenvalue weighted by Gasteiger charge is -2.03. The molecule has 98 valence electrons. The van der Waals surface area contributed by atoms with Crippen molar-refractivity contribution in [3.8, 4) is 0 Å². The summed E-state index contributed by atoms with van der Waals surface area (Å²) in [5, 5.41) is 9.43. The van der Waals surface area contributed by atoms with Gasteiger partial charge in [0.05, 0.1) is 0 Å². The van der Waals surface area contributed by atoms with Crippen molar-refractivity contribution in [2.75, 3.05) is 13.1 Å². The lowest BCUT2D eigenvalue weighted by molar-refractivity contribution is 0.564. The maximum Gasteiger partial charge on any atom is 0.274 e. The second-order valence-electron chi connectivity index (χ2n) is 3.29. The van der Waals surface area contributed by atoms with Crippen LogP contribution in [0.4, 0.5) is 0 Å². The zero-order chi connectivity index (χ0) is 12.7. The van der Waals surface area contributed by atoms with E-state index in [2.05, 4.69) is 9.44 Å². The number of nitrogens with two attached hydrogens (primary N) is 2. The summed E-state index contributed by atoms with van der Waals surface area (Å²) >= 11 is 0. The summed E-state index contributed by atoms with van der Waals surface area (Å²) in [5.74, 6) is 0. The van der Waals surface area contributed by atoms with Crippen molar-refractivity contribution in [2.24, 2.45) is 10.3 Å². The lowest BCUT2D eigenvalue weighted by Crippen LogP contribution is -2.32. The third-order valence-electron chi connectivity index (χ3n) is 1.71. The normalized spacial score (nSPS) is 12.9. The summed E-state index contributed by atoms with van der Waals surface area (Å²) in [6.45, 7) is 0.586. The molecule has 0 amide bonds. The molecule has 0 aliphatic rings. The molecule has 0 bridgehead atoms. The summed E-state index contributed by atoms with van der Waals surface area (Å²) in [6.07, 6.45) is 2.89. The first-order valence-corrected chi connectivity index (χ1v) is 7.85. The van der Waals surface area contributed by atoms with E-state index in [1.54, 1.807) is 0 Å². The Bertz CT molecular complexity index is 339. The van der Waals surface area contributed by atoms with Gasteiger partial charge in [-0.15, -0.1) is 0 Å². The van der Waals surface area contributed by atoms with E-state index in [9.17, 15) is 16.8 Å². The first-order chi connectivity index (χ1) is 7.21. The van der Waals surface area contributed by atoms with Gasteiger partial charge in [0.15, 0.2) is 0 Å². The Morgan fingerprint density at radius 2 is 1.00 bits per heavy atom. The van der Waals surface area contributed by atoms with E-state index >= 15 is 0 Å². The van der Waals surface area contributed by atoms with Crippen molar-refractivity contribution < 1.29 is 16.8 Å². The Kier molecular flexibility index (Phi) is 7.03. The van der Waals surface area contributed by atoms with Crippen LogP contribution in [-0.2, 0) is 20.4 Å². The van der Waals surface area contributed by atoms with Crippen molar-refractivity contribution in [1.82, 2.24) is 9.44 Å². The number of rotatable bonds is 9. The first kappa shape index (κ1) is 15.7. The maximum atomic E-state index is 10.5. The van der Waals surface area contributed by atoms with Gasteiger partial charge in [0, 0.05) is 13.1 Å². The third-order valence-corrected chi connectivity index (χ3v) is 2.92. The highest BCUT2D eigenvalue weighted by Crippen LogP contribution is 1.98. The largest absolute Gasteiger partial charge is 0.274 e. The van der Waals surface area contributed by atoms with Crippen molar-refractivity contribution in [3.05, 3.63) is 0 Å². The molecule has 6 N–H and O–H groups in total. The first-order valence-electron chi connectivity index (χ1n) is 4.75. The SMILES string of the molecule is NS(=O)(=O)NCCCCCCNS(N)(=O)=O. The number of nitrogens with one attached hydrogen (secondary N) is 2. The summed E-state index contributed by atoms with van der Waals surface area (Å²) in [7, 11) is -7.20. The summed E-state index contributed by atoms with van der Waals surface area (Å²) in [5.41, 5.74) is 0. The van der Waals surface area contributed by atoms with Gasteiger partial charge >= 0.3 is 0 Å². The molecule has 0 atom stereocenters. The van der Waals surface area contributed by atoms with Crippen LogP contribution in [0.1, 0.15) is 25.7 Å². The smallest absolute Gasteiger partial charge is 0.216 e. The lowest BCUT2D eigenvalue weighted by atomic mass is 10.2. The zero-order valence-corrected chi connectivity index (χ0v) is 10.5. The molecule has 0 aliphatic heterocycles. The topological polar surface area (TPSA) is 144 Å². The number of unbranched alkanes of at least 4 members (excludes halogenated alkanes) is 3. The van der Waals surface area contributed by atoms with E-state index in [0.717, 1.165) is 12.8 Å². The predicted molar refractivity (Wildman–Crippen MR) is 60.7 cm³/mol. The average molecular weight is 274 g/mol. The second kappa shape index (κ2) is 7.14. The highest BCUT2D eigenvalue weighted by molar-refractivity contribution is 7.87. The molecule has 0 heterocycles. The van der Waals surface area contributed by atoms with Gasteiger partial charge < -0.3 is 0 Å². The van der Waals surface area contributed by atoms with Crippen LogP contribution in [0, 0.1) is 0 Å². The molecule has 0 fully saturated rings. The Balaban J connectivity index is 3.29. The molecule has 0 aromatic carbocycles. The molecule has 0 saturated heterocycles. The van der Waals surface area contributed by atoms with Gasteiger partial charge in [-0.25, -0.2) is 19.7 Å². The summed E-state index contributed by atoms with van der Waals surface area (Å²) < 4.78 is 46.1. The Hall–Kier alpha value is -0.260. The highest BCUT2D eigenvalue weighted by Gasteiger charge is 2.00. The van der Waals surface area contributed by atoms with E-state index in [1.165, 1.54) is 0 Å². The van der Waals surface area contributed by atoms with Crippen LogP contribution < -0.4 is 19.7 Å².